The van der Waals surface area contributed by atoms with Gasteiger partial charge in [0.15, 0.2) is 11.5 Å². The summed E-state index contributed by atoms with van der Waals surface area (Å²) < 4.78 is 5.54. The van der Waals surface area contributed by atoms with Gasteiger partial charge in [-0.25, -0.2) is 4.98 Å². The molecule has 6 heteroatoms. The average molecular weight is 310 g/mol. The van der Waals surface area contributed by atoms with E-state index in [9.17, 15) is 4.79 Å². The number of hydrogen-bond acceptors (Lipinski definition) is 4. The molecule has 1 fully saturated rings. The Morgan fingerprint density at radius 3 is 2.95 bits per heavy atom. The lowest BCUT2D eigenvalue weighted by Gasteiger charge is -2.05. The minimum absolute atomic E-state index is 0. The summed E-state index contributed by atoms with van der Waals surface area (Å²) in [6, 6.07) is 5.53. The molecule has 2 aromatic rings. The van der Waals surface area contributed by atoms with Crippen LogP contribution in [0.4, 0.5) is 5.69 Å². The molecule has 0 unspecified atom stereocenters. The Balaban J connectivity index is 0.00000161. The Labute approximate surface area is 129 Å². The molecule has 1 heterocycles. The fourth-order valence-electron chi connectivity index (χ4n) is 2.12. The van der Waals surface area contributed by atoms with Gasteiger partial charge in [0.05, 0.1) is 6.54 Å². The van der Waals surface area contributed by atoms with Crippen molar-refractivity contribution in [2.24, 2.45) is 5.92 Å². The fourth-order valence-corrected chi connectivity index (χ4v) is 2.12. The molecule has 3 rings (SSSR count). The van der Waals surface area contributed by atoms with Crippen LogP contribution in [0, 0.1) is 5.92 Å². The SMILES string of the molecule is CCc1nc2cc(NC(=O)CNCC3CC3)ccc2o1.Cl. The van der Waals surface area contributed by atoms with Crippen molar-refractivity contribution in [2.75, 3.05) is 18.4 Å². The van der Waals surface area contributed by atoms with Crippen molar-refractivity contribution in [1.29, 1.82) is 0 Å². The minimum Gasteiger partial charge on any atom is -0.441 e. The second-order valence-electron chi connectivity index (χ2n) is 5.27. The molecule has 0 saturated heterocycles. The molecule has 1 aliphatic carbocycles. The predicted octanol–water partition coefficient (Wildman–Crippen LogP) is 2.75. The molecule has 0 radical (unpaired) electrons. The number of halogens is 1. The summed E-state index contributed by atoms with van der Waals surface area (Å²) in [4.78, 5) is 16.2. The van der Waals surface area contributed by atoms with Crippen LogP contribution in [0.1, 0.15) is 25.7 Å². The third-order valence-electron chi connectivity index (χ3n) is 3.43. The zero-order valence-electron chi connectivity index (χ0n) is 12.0. The summed E-state index contributed by atoms with van der Waals surface area (Å²) in [5.41, 5.74) is 2.30. The molecule has 0 spiro atoms. The fraction of sp³-hybridized carbons (Fsp3) is 0.467. The monoisotopic (exact) mass is 309 g/mol. The van der Waals surface area contributed by atoms with Crippen LogP contribution in [0.5, 0.6) is 0 Å². The van der Waals surface area contributed by atoms with Gasteiger partial charge in [0.2, 0.25) is 5.91 Å². The van der Waals surface area contributed by atoms with Gasteiger partial charge in [-0.2, -0.15) is 0 Å². The third-order valence-corrected chi connectivity index (χ3v) is 3.43. The summed E-state index contributed by atoms with van der Waals surface area (Å²) >= 11 is 0. The van der Waals surface area contributed by atoms with Crippen molar-refractivity contribution in [1.82, 2.24) is 10.3 Å². The number of aromatic nitrogens is 1. The highest BCUT2D eigenvalue weighted by molar-refractivity contribution is 5.94. The third kappa shape index (κ3) is 4.19. The molecular weight excluding hydrogens is 290 g/mol. The molecule has 0 aliphatic heterocycles. The van der Waals surface area contributed by atoms with Crippen molar-refractivity contribution in [3.8, 4) is 0 Å². The number of aryl methyl sites for hydroxylation is 1. The van der Waals surface area contributed by atoms with Crippen LogP contribution in [0.2, 0.25) is 0 Å². The zero-order chi connectivity index (χ0) is 13.9. The molecule has 0 atom stereocenters. The normalized spacial score (nSPS) is 14.0. The number of amides is 1. The quantitative estimate of drug-likeness (QED) is 0.861. The standard InChI is InChI=1S/C15H19N3O2.ClH/c1-2-15-18-12-7-11(5-6-13(12)20-15)17-14(19)9-16-8-10-3-4-10;/h5-7,10,16H,2-4,8-9H2,1H3,(H,17,19);1H. The number of carbonyl (C=O) groups excluding carboxylic acids is 1. The topological polar surface area (TPSA) is 67.2 Å². The molecular formula is C15H20ClN3O2. The van der Waals surface area contributed by atoms with Crippen LogP contribution >= 0.6 is 12.4 Å². The molecule has 1 saturated carbocycles. The van der Waals surface area contributed by atoms with E-state index in [0.717, 1.165) is 41.6 Å². The van der Waals surface area contributed by atoms with Crippen molar-refractivity contribution >= 4 is 35.1 Å². The predicted molar refractivity (Wildman–Crippen MR) is 84.9 cm³/mol. The van der Waals surface area contributed by atoms with Crippen molar-refractivity contribution in [2.45, 2.75) is 26.2 Å². The van der Waals surface area contributed by atoms with Crippen LogP contribution in [-0.2, 0) is 11.2 Å². The summed E-state index contributed by atoms with van der Waals surface area (Å²) in [6.07, 6.45) is 3.34. The first-order valence-electron chi connectivity index (χ1n) is 7.14. The van der Waals surface area contributed by atoms with E-state index in [4.69, 9.17) is 4.42 Å². The molecule has 21 heavy (non-hydrogen) atoms. The molecule has 0 bridgehead atoms. The second kappa shape index (κ2) is 6.91. The van der Waals surface area contributed by atoms with E-state index < -0.39 is 0 Å². The van der Waals surface area contributed by atoms with Gasteiger partial charge < -0.3 is 15.1 Å². The van der Waals surface area contributed by atoms with Crippen LogP contribution in [0.3, 0.4) is 0 Å². The highest BCUT2D eigenvalue weighted by Gasteiger charge is 2.20. The van der Waals surface area contributed by atoms with Crippen molar-refractivity contribution < 1.29 is 9.21 Å². The maximum absolute atomic E-state index is 11.8. The van der Waals surface area contributed by atoms with E-state index in [1.807, 2.05) is 25.1 Å². The van der Waals surface area contributed by atoms with Gasteiger partial charge in [-0.05, 0) is 43.5 Å². The maximum Gasteiger partial charge on any atom is 0.238 e. The van der Waals surface area contributed by atoms with E-state index >= 15 is 0 Å². The molecule has 114 valence electrons. The van der Waals surface area contributed by atoms with E-state index in [2.05, 4.69) is 15.6 Å². The Morgan fingerprint density at radius 2 is 2.24 bits per heavy atom. The van der Waals surface area contributed by atoms with Gasteiger partial charge in [0.25, 0.3) is 0 Å². The minimum atomic E-state index is -0.0239. The summed E-state index contributed by atoms with van der Waals surface area (Å²) in [7, 11) is 0. The lowest BCUT2D eigenvalue weighted by atomic mass is 10.3. The number of fused-ring (bicyclic) bond motifs is 1. The number of hydrogen-bond donors (Lipinski definition) is 2. The highest BCUT2D eigenvalue weighted by atomic mass is 35.5. The first-order valence-corrected chi connectivity index (χ1v) is 7.14. The van der Waals surface area contributed by atoms with Crippen LogP contribution in [0.25, 0.3) is 11.1 Å². The molecule has 2 N–H and O–H groups in total. The average Bonchev–Trinajstić information content (AvgIpc) is 3.16. The number of oxazole rings is 1. The lowest BCUT2D eigenvalue weighted by Crippen LogP contribution is -2.29. The van der Waals surface area contributed by atoms with E-state index in [1.54, 1.807) is 0 Å². The maximum atomic E-state index is 11.8. The largest absolute Gasteiger partial charge is 0.441 e. The van der Waals surface area contributed by atoms with E-state index in [1.165, 1.54) is 12.8 Å². The molecule has 5 nitrogen and oxygen atoms in total. The van der Waals surface area contributed by atoms with Crippen LogP contribution < -0.4 is 10.6 Å². The summed E-state index contributed by atoms with van der Waals surface area (Å²) in [6.45, 7) is 3.29. The Bertz CT molecular complexity index is 622. The van der Waals surface area contributed by atoms with Gasteiger partial charge in [0, 0.05) is 12.1 Å². The smallest absolute Gasteiger partial charge is 0.238 e. The Kier molecular flexibility index (Phi) is 5.20. The Hall–Kier alpha value is -1.59. The highest BCUT2D eigenvalue weighted by Crippen LogP contribution is 2.27. The number of nitrogens with zero attached hydrogens (tertiary/aromatic N) is 1. The number of anilines is 1. The van der Waals surface area contributed by atoms with Crippen LogP contribution in [0.15, 0.2) is 22.6 Å². The summed E-state index contributed by atoms with van der Waals surface area (Å²) in [5, 5.41) is 6.04. The Morgan fingerprint density at radius 1 is 1.43 bits per heavy atom. The number of carbonyl (C=O) groups is 1. The van der Waals surface area contributed by atoms with Crippen molar-refractivity contribution in [3.63, 3.8) is 0 Å². The number of benzene rings is 1. The lowest BCUT2D eigenvalue weighted by molar-refractivity contribution is -0.115. The first-order chi connectivity index (χ1) is 9.74. The molecule has 1 aromatic heterocycles. The second-order valence-corrected chi connectivity index (χ2v) is 5.27. The first kappa shape index (κ1) is 15.8. The van der Waals surface area contributed by atoms with E-state index in [0.29, 0.717) is 6.54 Å². The van der Waals surface area contributed by atoms with Gasteiger partial charge in [-0.15, -0.1) is 12.4 Å². The van der Waals surface area contributed by atoms with Gasteiger partial charge in [-0.1, -0.05) is 6.92 Å². The van der Waals surface area contributed by atoms with Gasteiger partial charge in [-0.3, -0.25) is 4.79 Å². The van der Waals surface area contributed by atoms with Crippen LogP contribution in [-0.4, -0.2) is 24.0 Å². The summed E-state index contributed by atoms with van der Waals surface area (Å²) in [5.74, 6) is 1.47. The molecule has 1 aromatic carbocycles. The zero-order valence-corrected chi connectivity index (χ0v) is 12.8. The van der Waals surface area contributed by atoms with Gasteiger partial charge >= 0.3 is 0 Å². The number of nitrogens with one attached hydrogen (secondary N) is 2. The van der Waals surface area contributed by atoms with E-state index in [-0.39, 0.29) is 18.3 Å². The van der Waals surface area contributed by atoms with Crippen molar-refractivity contribution in [3.05, 3.63) is 24.1 Å². The number of rotatable bonds is 6. The van der Waals surface area contributed by atoms with Gasteiger partial charge in [0.1, 0.15) is 5.52 Å². The molecule has 1 amide bonds. The molecule has 1 aliphatic rings.